The lowest BCUT2D eigenvalue weighted by Crippen LogP contribution is -2.30. The van der Waals surface area contributed by atoms with Crippen LogP contribution >= 0.6 is 12.4 Å². The summed E-state index contributed by atoms with van der Waals surface area (Å²) in [5.74, 6) is 0. The summed E-state index contributed by atoms with van der Waals surface area (Å²) in [6.45, 7) is 1.57. The van der Waals surface area contributed by atoms with Crippen LogP contribution in [0.4, 0.5) is 0 Å². The minimum Gasteiger partial charge on any atom is -0.314 e. The van der Waals surface area contributed by atoms with Crippen LogP contribution in [0.1, 0.15) is 36.8 Å². The van der Waals surface area contributed by atoms with E-state index in [2.05, 4.69) is 10.0 Å². The molecule has 1 aliphatic carbocycles. The first-order valence-corrected chi connectivity index (χ1v) is 8.98. The molecule has 118 valence electrons. The summed E-state index contributed by atoms with van der Waals surface area (Å²) >= 11 is 0. The van der Waals surface area contributed by atoms with Crippen LogP contribution < -0.4 is 10.0 Å². The number of aryl methyl sites for hydroxylation is 2. The number of fused-ring (bicyclic) bond motifs is 1. The van der Waals surface area contributed by atoms with Gasteiger partial charge >= 0.3 is 0 Å². The van der Waals surface area contributed by atoms with E-state index in [0.29, 0.717) is 17.5 Å². The van der Waals surface area contributed by atoms with E-state index >= 15 is 0 Å². The molecule has 21 heavy (non-hydrogen) atoms. The smallest absolute Gasteiger partial charge is 0.240 e. The number of sulfonamides is 1. The van der Waals surface area contributed by atoms with Crippen molar-refractivity contribution in [3.63, 3.8) is 0 Å². The van der Waals surface area contributed by atoms with Gasteiger partial charge in [0.2, 0.25) is 10.0 Å². The second-order valence-electron chi connectivity index (χ2n) is 5.76. The molecule has 1 saturated heterocycles. The fraction of sp³-hybridized carbons (Fsp3) is 0.600. The maximum Gasteiger partial charge on any atom is 0.240 e. The highest BCUT2D eigenvalue weighted by molar-refractivity contribution is 7.89. The Hall–Kier alpha value is -0.620. The largest absolute Gasteiger partial charge is 0.314 e. The molecule has 0 unspecified atom stereocenters. The monoisotopic (exact) mass is 330 g/mol. The van der Waals surface area contributed by atoms with Crippen molar-refractivity contribution in [2.24, 2.45) is 0 Å². The summed E-state index contributed by atoms with van der Waals surface area (Å²) in [6, 6.07) is 6.02. The van der Waals surface area contributed by atoms with Gasteiger partial charge < -0.3 is 5.32 Å². The number of hydrogen-bond acceptors (Lipinski definition) is 3. The van der Waals surface area contributed by atoms with E-state index in [1.54, 1.807) is 6.07 Å². The van der Waals surface area contributed by atoms with Crippen molar-refractivity contribution in [1.29, 1.82) is 0 Å². The second-order valence-corrected chi connectivity index (χ2v) is 7.53. The Balaban J connectivity index is 0.00000161. The molecule has 1 heterocycles. The van der Waals surface area contributed by atoms with Crippen LogP contribution in [0.15, 0.2) is 23.1 Å². The second kappa shape index (κ2) is 7.09. The van der Waals surface area contributed by atoms with E-state index in [1.165, 1.54) is 17.5 Å². The molecule has 3 rings (SSSR count). The molecule has 0 bridgehead atoms. The first-order chi connectivity index (χ1) is 9.65. The number of nitrogens with one attached hydrogen (secondary N) is 2. The number of rotatable bonds is 5. The fourth-order valence-electron chi connectivity index (χ4n) is 3.17. The van der Waals surface area contributed by atoms with Crippen LogP contribution in [0, 0.1) is 0 Å². The van der Waals surface area contributed by atoms with Crippen LogP contribution in [0.2, 0.25) is 0 Å². The lowest BCUT2D eigenvalue weighted by molar-refractivity contribution is 0.539. The average Bonchev–Trinajstić information content (AvgIpc) is 3.08. The lowest BCUT2D eigenvalue weighted by Gasteiger charge is -2.12. The summed E-state index contributed by atoms with van der Waals surface area (Å²) in [6.07, 6.45) is 6.44. The average molecular weight is 331 g/mol. The van der Waals surface area contributed by atoms with Gasteiger partial charge in [-0.05, 0) is 68.3 Å². The predicted octanol–water partition coefficient (Wildman–Crippen LogP) is 2.02. The quantitative estimate of drug-likeness (QED) is 0.868. The first kappa shape index (κ1) is 16.7. The van der Waals surface area contributed by atoms with Crippen LogP contribution in [-0.2, 0) is 22.9 Å². The molecule has 4 nitrogen and oxygen atoms in total. The number of hydrogen-bond donors (Lipinski definition) is 2. The van der Waals surface area contributed by atoms with Crippen molar-refractivity contribution >= 4 is 22.4 Å². The Kier molecular flexibility index (Phi) is 5.66. The number of halogens is 1. The third-order valence-electron chi connectivity index (χ3n) is 4.33. The van der Waals surface area contributed by atoms with Gasteiger partial charge in [-0.25, -0.2) is 13.1 Å². The molecule has 0 amide bonds. The van der Waals surface area contributed by atoms with Gasteiger partial charge in [0.1, 0.15) is 0 Å². The molecule has 2 aliphatic rings. The maximum atomic E-state index is 12.3. The third-order valence-corrected chi connectivity index (χ3v) is 5.79. The molecule has 0 aromatic heterocycles. The predicted molar refractivity (Wildman–Crippen MR) is 86.5 cm³/mol. The van der Waals surface area contributed by atoms with Crippen molar-refractivity contribution in [3.05, 3.63) is 29.3 Å². The van der Waals surface area contributed by atoms with Crippen LogP contribution in [0.3, 0.4) is 0 Å². The fourth-order valence-corrected chi connectivity index (χ4v) is 4.27. The van der Waals surface area contributed by atoms with Gasteiger partial charge in [0.15, 0.2) is 0 Å². The summed E-state index contributed by atoms with van der Waals surface area (Å²) in [4.78, 5) is 0.414. The molecule has 0 spiro atoms. The molecule has 0 radical (unpaired) electrons. The highest BCUT2D eigenvalue weighted by Crippen LogP contribution is 2.24. The van der Waals surface area contributed by atoms with Crippen molar-refractivity contribution in [2.45, 2.75) is 49.5 Å². The zero-order valence-electron chi connectivity index (χ0n) is 12.1. The maximum absolute atomic E-state index is 12.3. The van der Waals surface area contributed by atoms with Crippen molar-refractivity contribution in [2.75, 3.05) is 13.1 Å². The van der Waals surface area contributed by atoms with Gasteiger partial charge in [-0.2, -0.15) is 0 Å². The normalized spacial score (nSPS) is 21.0. The molecule has 0 saturated carbocycles. The molecule has 6 heteroatoms. The highest BCUT2D eigenvalue weighted by atomic mass is 35.5. The van der Waals surface area contributed by atoms with Gasteiger partial charge in [0, 0.05) is 12.6 Å². The van der Waals surface area contributed by atoms with Crippen molar-refractivity contribution in [3.8, 4) is 0 Å². The summed E-state index contributed by atoms with van der Waals surface area (Å²) < 4.78 is 27.3. The molecule has 1 aromatic rings. The van der Waals surface area contributed by atoms with E-state index in [9.17, 15) is 8.42 Å². The topological polar surface area (TPSA) is 58.2 Å². The third kappa shape index (κ3) is 3.97. The van der Waals surface area contributed by atoms with E-state index < -0.39 is 10.0 Å². The van der Waals surface area contributed by atoms with Crippen LogP contribution in [0.5, 0.6) is 0 Å². The molecular weight excluding hydrogens is 308 g/mol. The summed E-state index contributed by atoms with van der Waals surface area (Å²) in [5.41, 5.74) is 2.50. The molecule has 2 N–H and O–H groups in total. The Morgan fingerprint density at radius 1 is 1.19 bits per heavy atom. The van der Waals surface area contributed by atoms with Crippen LogP contribution in [0.25, 0.3) is 0 Å². The van der Waals surface area contributed by atoms with Gasteiger partial charge in [0.25, 0.3) is 0 Å². The van der Waals surface area contributed by atoms with E-state index in [1.807, 2.05) is 12.1 Å². The summed E-state index contributed by atoms with van der Waals surface area (Å²) in [5, 5.41) is 3.38. The number of benzene rings is 1. The Morgan fingerprint density at radius 3 is 2.76 bits per heavy atom. The Labute approximate surface area is 133 Å². The van der Waals surface area contributed by atoms with Gasteiger partial charge in [-0.1, -0.05) is 6.07 Å². The minimum atomic E-state index is -3.35. The van der Waals surface area contributed by atoms with E-state index in [0.717, 1.165) is 38.6 Å². The molecule has 1 atom stereocenters. The SMILES string of the molecule is Cl.O=S(=O)(NCC[C@H]1CCCN1)c1ccc2c(c1)CCC2. The highest BCUT2D eigenvalue weighted by Gasteiger charge is 2.19. The molecule has 1 aromatic carbocycles. The first-order valence-electron chi connectivity index (χ1n) is 7.50. The summed E-state index contributed by atoms with van der Waals surface area (Å²) in [7, 11) is -3.35. The van der Waals surface area contributed by atoms with Gasteiger partial charge in [-0.3, -0.25) is 0 Å². The lowest BCUT2D eigenvalue weighted by atomic mass is 10.1. The molecular formula is C15H23ClN2O2S. The van der Waals surface area contributed by atoms with E-state index in [-0.39, 0.29) is 12.4 Å². The van der Waals surface area contributed by atoms with Gasteiger partial charge in [0.05, 0.1) is 4.90 Å². The molecule has 1 aliphatic heterocycles. The Bertz CT molecular complexity index is 583. The van der Waals surface area contributed by atoms with Crippen LogP contribution in [-0.4, -0.2) is 27.5 Å². The van der Waals surface area contributed by atoms with E-state index in [4.69, 9.17) is 0 Å². The molecule has 1 fully saturated rings. The minimum absolute atomic E-state index is 0. The standard InChI is InChI=1S/C15H22N2O2S.ClH/c18-20(19,17-10-8-14-5-2-9-16-14)15-7-6-12-3-1-4-13(12)11-15;/h6-7,11,14,16-17H,1-5,8-10H2;1H/t14-;/m1./s1. The van der Waals surface area contributed by atoms with Crippen molar-refractivity contribution < 1.29 is 8.42 Å². The van der Waals surface area contributed by atoms with Gasteiger partial charge in [-0.15, -0.1) is 12.4 Å². The zero-order valence-corrected chi connectivity index (χ0v) is 13.7. The zero-order chi connectivity index (χ0) is 14.0. The Morgan fingerprint density at radius 2 is 2.00 bits per heavy atom. The van der Waals surface area contributed by atoms with Crippen molar-refractivity contribution in [1.82, 2.24) is 10.0 Å².